The van der Waals surface area contributed by atoms with Crippen molar-refractivity contribution in [2.45, 2.75) is 18.5 Å². The summed E-state index contributed by atoms with van der Waals surface area (Å²) in [4.78, 5) is 0. The van der Waals surface area contributed by atoms with Crippen molar-refractivity contribution in [3.05, 3.63) is 47.0 Å². The van der Waals surface area contributed by atoms with Crippen LogP contribution in [-0.2, 0) is 18.5 Å². The number of halogens is 9. The Labute approximate surface area is 117 Å². The summed E-state index contributed by atoms with van der Waals surface area (Å²) in [5.74, 6) is 0. The molecule has 0 fully saturated rings. The molecule has 0 aliphatic carbocycles. The van der Waals surface area contributed by atoms with E-state index in [-0.39, 0.29) is 12.1 Å². The Hall–Kier alpha value is -1.93. The molecule has 0 bridgehead atoms. The Morgan fingerprint density at radius 2 is 1.09 bits per heavy atom. The van der Waals surface area contributed by atoms with Gasteiger partial charge in [-0.3, -0.25) is 0 Å². The summed E-state index contributed by atoms with van der Waals surface area (Å²) in [6, 6.07) is 1.74. The topological polar surface area (TPSA) is 0 Å². The fourth-order valence-electron chi connectivity index (χ4n) is 2.03. The van der Waals surface area contributed by atoms with Crippen LogP contribution in [0.25, 0.3) is 10.8 Å². The van der Waals surface area contributed by atoms with E-state index >= 15 is 0 Å². The molecule has 0 aliphatic heterocycles. The van der Waals surface area contributed by atoms with Gasteiger partial charge >= 0.3 is 18.5 Å². The second kappa shape index (κ2) is 4.79. The molecule has 0 radical (unpaired) electrons. The van der Waals surface area contributed by atoms with E-state index in [1.807, 2.05) is 0 Å². The molecule has 22 heavy (non-hydrogen) atoms. The van der Waals surface area contributed by atoms with Crippen molar-refractivity contribution in [3.63, 3.8) is 0 Å². The minimum Gasteiger partial charge on any atom is -0.166 e. The molecule has 0 unspecified atom stereocenters. The van der Waals surface area contributed by atoms with E-state index in [0.29, 0.717) is 18.2 Å². The lowest BCUT2D eigenvalue weighted by Gasteiger charge is -2.17. The highest BCUT2D eigenvalue weighted by Gasteiger charge is 2.40. The first-order chi connectivity index (χ1) is 9.82. The van der Waals surface area contributed by atoms with Crippen LogP contribution in [0.4, 0.5) is 39.5 Å². The molecule has 120 valence electrons. The van der Waals surface area contributed by atoms with Crippen LogP contribution < -0.4 is 0 Å². The summed E-state index contributed by atoms with van der Waals surface area (Å²) in [7, 11) is 0. The van der Waals surface area contributed by atoms with E-state index in [9.17, 15) is 39.5 Å². The van der Waals surface area contributed by atoms with Gasteiger partial charge in [-0.25, -0.2) is 0 Å². The fraction of sp³-hybridized carbons (Fsp3) is 0.231. The summed E-state index contributed by atoms with van der Waals surface area (Å²) in [6.07, 6.45) is -15.5. The predicted octanol–water partition coefficient (Wildman–Crippen LogP) is 5.90. The first-order valence-electron chi connectivity index (χ1n) is 5.60. The molecule has 9 heteroatoms. The highest BCUT2D eigenvalue weighted by atomic mass is 19.4. The SMILES string of the molecule is FC(F)(F)c1cc(C(F)(F)F)c2cccc(C(F)(F)F)c2c1. The quantitative estimate of drug-likeness (QED) is 0.527. The van der Waals surface area contributed by atoms with Crippen molar-refractivity contribution < 1.29 is 39.5 Å². The van der Waals surface area contributed by atoms with Gasteiger partial charge in [-0.1, -0.05) is 12.1 Å². The molecule has 0 spiro atoms. The molecule has 0 nitrogen and oxygen atoms in total. The van der Waals surface area contributed by atoms with Crippen LogP contribution >= 0.6 is 0 Å². The molecule has 0 saturated carbocycles. The van der Waals surface area contributed by atoms with Gasteiger partial charge in [0.2, 0.25) is 0 Å². The number of hydrogen-bond donors (Lipinski definition) is 0. The number of hydrogen-bond acceptors (Lipinski definition) is 0. The Bertz CT molecular complexity index is 704. The van der Waals surface area contributed by atoms with Crippen LogP contribution in [0.1, 0.15) is 16.7 Å². The summed E-state index contributed by atoms with van der Waals surface area (Å²) < 4.78 is 115. The van der Waals surface area contributed by atoms with Crippen LogP contribution in [0, 0.1) is 0 Å². The van der Waals surface area contributed by atoms with E-state index in [1.54, 1.807) is 0 Å². The number of fused-ring (bicyclic) bond motifs is 1. The van der Waals surface area contributed by atoms with Gasteiger partial charge in [0.15, 0.2) is 0 Å². The molecule has 2 rings (SSSR count). The number of benzene rings is 2. The number of alkyl halides is 9. The van der Waals surface area contributed by atoms with Crippen LogP contribution in [0.3, 0.4) is 0 Å². The van der Waals surface area contributed by atoms with Crippen LogP contribution in [-0.4, -0.2) is 0 Å². The third-order valence-corrected chi connectivity index (χ3v) is 2.93. The lowest BCUT2D eigenvalue weighted by molar-refractivity contribution is -0.143. The molecule has 0 amide bonds. The maximum atomic E-state index is 12.9. The second-order valence-corrected chi connectivity index (χ2v) is 4.42. The molecule has 0 aliphatic rings. The lowest BCUT2D eigenvalue weighted by atomic mass is 9.96. The van der Waals surface area contributed by atoms with Crippen molar-refractivity contribution in [1.82, 2.24) is 0 Å². The van der Waals surface area contributed by atoms with Crippen LogP contribution in [0.5, 0.6) is 0 Å². The highest BCUT2D eigenvalue weighted by molar-refractivity contribution is 5.90. The molecule has 2 aromatic carbocycles. The summed E-state index contributed by atoms with van der Waals surface area (Å²) in [5.41, 5.74) is -5.10. The summed E-state index contributed by atoms with van der Waals surface area (Å²) in [5, 5.41) is -2.08. The van der Waals surface area contributed by atoms with Gasteiger partial charge in [-0.05, 0) is 29.0 Å². The van der Waals surface area contributed by atoms with Crippen molar-refractivity contribution in [3.8, 4) is 0 Å². The van der Waals surface area contributed by atoms with Gasteiger partial charge in [0.05, 0.1) is 16.7 Å². The van der Waals surface area contributed by atoms with E-state index in [4.69, 9.17) is 0 Å². The van der Waals surface area contributed by atoms with Crippen molar-refractivity contribution in [2.24, 2.45) is 0 Å². The largest absolute Gasteiger partial charge is 0.417 e. The minimum absolute atomic E-state index is 0.0768. The molecular formula is C13H5F9. The minimum atomic E-state index is -5.22. The van der Waals surface area contributed by atoms with Crippen molar-refractivity contribution in [1.29, 1.82) is 0 Å². The fourth-order valence-corrected chi connectivity index (χ4v) is 2.03. The average Bonchev–Trinajstić information content (AvgIpc) is 2.33. The second-order valence-electron chi connectivity index (χ2n) is 4.42. The molecule has 2 aromatic rings. The van der Waals surface area contributed by atoms with Gasteiger partial charge in [0.25, 0.3) is 0 Å². The van der Waals surface area contributed by atoms with Gasteiger partial charge in [-0.2, -0.15) is 39.5 Å². The maximum Gasteiger partial charge on any atom is 0.417 e. The van der Waals surface area contributed by atoms with E-state index in [0.717, 1.165) is 0 Å². The zero-order valence-electron chi connectivity index (χ0n) is 10.3. The maximum absolute atomic E-state index is 12.9. The highest BCUT2D eigenvalue weighted by Crippen LogP contribution is 2.43. The molecule has 0 saturated heterocycles. The zero-order valence-corrected chi connectivity index (χ0v) is 10.3. The zero-order chi connectivity index (χ0) is 16.9. The Balaban J connectivity index is 2.96. The molecule has 0 aromatic heterocycles. The van der Waals surface area contributed by atoms with Crippen molar-refractivity contribution >= 4 is 10.8 Å². The Morgan fingerprint density at radius 1 is 0.545 bits per heavy atom. The average molecular weight is 332 g/mol. The summed E-state index contributed by atoms with van der Waals surface area (Å²) in [6.45, 7) is 0. The van der Waals surface area contributed by atoms with Crippen LogP contribution in [0.2, 0.25) is 0 Å². The van der Waals surface area contributed by atoms with E-state index in [1.165, 1.54) is 0 Å². The lowest BCUT2D eigenvalue weighted by Crippen LogP contribution is -2.13. The first-order valence-corrected chi connectivity index (χ1v) is 5.60. The number of rotatable bonds is 0. The Morgan fingerprint density at radius 3 is 1.55 bits per heavy atom. The molecule has 0 atom stereocenters. The van der Waals surface area contributed by atoms with E-state index < -0.39 is 46.0 Å². The van der Waals surface area contributed by atoms with Gasteiger partial charge < -0.3 is 0 Å². The third kappa shape index (κ3) is 2.97. The third-order valence-electron chi connectivity index (χ3n) is 2.93. The van der Waals surface area contributed by atoms with Gasteiger partial charge in [-0.15, -0.1) is 0 Å². The first kappa shape index (κ1) is 16.4. The van der Waals surface area contributed by atoms with E-state index in [2.05, 4.69) is 0 Å². The van der Waals surface area contributed by atoms with Crippen LogP contribution in [0.15, 0.2) is 30.3 Å². The normalized spacial score (nSPS) is 13.7. The van der Waals surface area contributed by atoms with Gasteiger partial charge in [0, 0.05) is 0 Å². The molecule has 0 heterocycles. The summed E-state index contributed by atoms with van der Waals surface area (Å²) >= 11 is 0. The standard InChI is InChI=1S/C13H5F9/c14-11(15,16)6-4-8-7(10(5-6)13(20,21)22)2-1-3-9(8)12(17,18)19/h1-5H. The molecular weight excluding hydrogens is 327 g/mol. The molecule has 0 N–H and O–H groups in total. The predicted molar refractivity (Wildman–Crippen MR) is 59.0 cm³/mol. The monoisotopic (exact) mass is 332 g/mol. The van der Waals surface area contributed by atoms with Gasteiger partial charge in [0.1, 0.15) is 0 Å². The van der Waals surface area contributed by atoms with Crippen molar-refractivity contribution in [2.75, 3.05) is 0 Å². The smallest absolute Gasteiger partial charge is 0.166 e. The Kier molecular flexibility index (Phi) is 3.58.